The van der Waals surface area contributed by atoms with Gasteiger partial charge in [-0.15, -0.1) is 0 Å². The van der Waals surface area contributed by atoms with E-state index in [2.05, 4.69) is 28.2 Å². The molecule has 5 heteroatoms. The van der Waals surface area contributed by atoms with Gasteiger partial charge in [-0.3, -0.25) is 10.1 Å². The number of unbranched alkanes of at least 4 members (excludes halogenated alkanes) is 2. The van der Waals surface area contributed by atoms with E-state index in [1.807, 2.05) is 6.07 Å². The first-order valence-electron chi connectivity index (χ1n) is 5.79. The Morgan fingerprint density at radius 3 is 2.82 bits per heavy atom. The van der Waals surface area contributed by atoms with Crippen LogP contribution >= 0.6 is 15.9 Å². The molecule has 0 aliphatic heterocycles. The molecule has 0 radical (unpaired) electrons. The standard InChI is InChI=1S/C12H17BrN2O2/c1-2-3-4-8-14-9-10-6-5-7-11(12(10)13)15(16)17/h5-7,14H,2-4,8-9H2,1H3. The summed E-state index contributed by atoms with van der Waals surface area (Å²) in [5, 5.41) is 14.0. The van der Waals surface area contributed by atoms with Gasteiger partial charge >= 0.3 is 0 Å². The first-order valence-corrected chi connectivity index (χ1v) is 6.58. The van der Waals surface area contributed by atoms with Crippen LogP contribution in [0.15, 0.2) is 22.7 Å². The molecule has 0 aromatic heterocycles. The van der Waals surface area contributed by atoms with Crippen molar-refractivity contribution in [3.63, 3.8) is 0 Å². The normalized spacial score (nSPS) is 10.5. The third kappa shape index (κ3) is 4.44. The van der Waals surface area contributed by atoms with E-state index in [0.29, 0.717) is 11.0 Å². The van der Waals surface area contributed by atoms with Crippen molar-refractivity contribution < 1.29 is 4.92 Å². The highest BCUT2D eigenvalue weighted by Crippen LogP contribution is 2.27. The number of halogens is 1. The van der Waals surface area contributed by atoms with Crippen molar-refractivity contribution in [1.29, 1.82) is 0 Å². The highest BCUT2D eigenvalue weighted by molar-refractivity contribution is 9.10. The lowest BCUT2D eigenvalue weighted by molar-refractivity contribution is -0.385. The topological polar surface area (TPSA) is 55.2 Å². The van der Waals surface area contributed by atoms with Crippen LogP contribution in [0.5, 0.6) is 0 Å². The number of nitro groups is 1. The fraction of sp³-hybridized carbons (Fsp3) is 0.500. The summed E-state index contributed by atoms with van der Waals surface area (Å²) in [5.41, 5.74) is 1.05. The second kappa shape index (κ2) is 7.40. The molecule has 0 aliphatic carbocycles. The molecule has 0 saturated heterocycles. The Labute approximate surface area is 110 Å². The summed E-state index contributed by atoms with van der Waals surface area (Å²) in [6.45, 7) is 3.77. The number of benzene rings is 1. The van der Waals surface area contributed by atoms with E-state index in [-0.39, 0.29) is 10.6 Å². The molecule has 0 spiro atoms. The quantitative estimate of drug-likeness (QED) is 0.475. The highest BCUT2D eigenvalue weighted by Gasteiger charge is 2.13. The first kappa shape index (κ1) is 14.1. The molecule has 0 bridgehead atoms. The molecule has 1 rings (SSSR count). The van der Waals surface area contributed by atoms with Crippen molar-refractivity contribution in [2.45, 2.75) is 32.7 Å². The fourth-order valence-electron chi connectivity index (χ4n) is 1.57. The predicted octanol–water partition coefficient (Wildman–Crippen LogP) is 3.64. The fourth-order valence-corrected chi connectivity index (χ4v) is 2.12. The summed E-state index contributed by atoms with van der Waals surface area (Å²) in [6, 6.07) is 5.11. The van der Waals surface area contributed by atoms with Crippen LogP contribution in [-0.4, -0.2) is 11.5 Å². The van der Waals surface area contributed by atoms with Crippen LogP contribution in [-0.2, 0) is 6.54 Å². The molecule has 1 aromatic carbocycles. The number of nitrogens with zero attached hydrogens (tertiary/aromatic N) is 1. The zero-order valence-corrected chi connectivity index (χ0v) is 11.5. The molecule has 1 N–H and O–H groups in total. The van der Waals surface area contributed by atoms with Crippen LogP contribution in [0.25, 0.3) is 0 Å². The van der Waals surface area contributed by atoms with E-state index in [1.54, 1.807) is 6.07 Å². The molecule has 0 fully saturated rings. The van der Waals surface area contributed by atoms with Crippen LogP contribution in [0.2, 0.25) is 0 Å². The first-order chi connectivity index (χ1) is 8.16. The molecule has 1 aromatic rings. The van der Waals surface area contributed by atoms with E-state index < -0.39 is 0 Å². The van der Waals surface area contributed by atoms with Gasteiger partial charge in [-0.05, 0) is 34.5 Å². The Morgan fingerprint density at radius 2 is 2.18 bits per heavy atom. The summed E-state index contributed by atoms with van der Waals surface area (Å²) >= 11 is 3.28. The minimum atomic E-state index is -0.370. The minimum Gasteiger partial charge on any atom is -0.313 e. The van der Waals surface area contributed by atoms with Gasteiger partial charge in [-0.2, -0.15) is 0 Å². The molecular weight excluding hydrogens is 284 g/mol. The van der Waals surface area contributed by atoms with Gasteiger partial charge in [-0.25, -0.2) is 0 Å². The van der Waals surface area contributed by atoms with Gasteiger partial charge in [0.15, 0.2) is 0 Å². The molecular formula is C12H17BrN2O2. The Morgan fingerprint density at radius 1 is 1.41 bits per heavy atom. The van der Waals surface area contributed by atoms with Gasteiger partial charge in [0, 0.05) is 12.6 Å². The Hall–Kier alpha value is -0.940. The molecule has 17 heavy (non-hydrogen) atoms. The largest absolute Gasteiger partial charge is 0.313 e. The third-order valence-electron chi connectivity index (χ3n) is 2.53. The lowest BCUT2D eigenvalue weighted by Crippen LogP contribution is -2.15. The minimum absolute atomic E-state index is 0.123. The second-order valence-corrected chi connectivity index (χ2v) is 4.68. The smallest absolute Gasteiger partial charge is 0.283 e. The number of rotatable bonds is 7. The highest BCUT2D eigenvalue weighted by atomic mass is 79.9. The predicted molar refractivity (Wildman–Crippen MR) is 72.0 cm³/mol. The number of nitrogens with one attached hydrogen (secondary N) is 1. The summed E-state index contributed by atoms with van der Waals surface area (Å²) in [5.74, 6) is 0. The maximum absolute atomic E-state index is 10.7. The van der Waals surface area contributed by atoms with E-state index in [4.69, 9.17) is 0 Å². The van der Waals surface area contributed by atoms with E-state index in [1.165, 1.54) is 18.9 Å². The van der Waals surface area contributed by atoms with Gasteiger partial charge in [0.05, 0.1) is 9.40 Å². The van der Waals surface area contributed by atoms with Crippen LogP contribution in [0.1, 0.15) is 31.7 Å². The third-order valence-corrected chi connectivity index (χ3v) is 3.44. The van der Waals surface area contributed by atoms with E-state index >= 15 is 0 Å². The van der Waals surface area contributed by atoms with Gasteiger partial charge in [0.1, 0.15) is 0 Å². The van der Waals surface area contributed by atoms with Crippen LogP contribution in [0, 0.1) is 10.1 Å². The molecule has 0 amide bonds. The average Bonchev–Trinajstić information content (AvgIpc) is 2.30. The van der Waals surface area contributed by atoms with Crippen LogP contribution < -0.4 is 5.32 Å². The van der Waals surface area contributed by atoms with Crippen molar-refractivity contribution in [1.82, 2.24) is 5.32 Å². The average molecular weight is 301 g/mol. The van der Waals surface area contributed by atoms with Crippen molar-refractivity contribution >= 4 is 21.6 Å². The van der Waals surface area contributed by atoms with E-state index in [0.717, 1.165) is 18.5 Å². The maximum atomic E-state index is 10.7. The van der Waals surface area contributed by atoms with Crippen molar-refractivity contribution in [3.8, 4) is 0 Å². The molecule has 0 atom stereocenters. The second-order valence-electron chi connectivity index (χ2n) is 3.89. The monoisotopic (exact) mass is 300 g/mol. The Bertz CT molecular complexity index is 383. The Balaban J connectivity index is 2.54. The summed E-state index contributed by atoms with van der Waals surface area (Å²) < 4.78 is 0.577. The van der Waals surface area contributed by atoms with Crippen LogP contribution in [0.4, 0.5) is 5.69 Å². The van der Waals surface area contributed by atoms with E-state index in [9.17, 15) is 10.1 Å². The van der Waals surface area contributed by atoms with Crippen molar-refractivity contribution in [3.05, 3.63) is 38.3 Å². The van der Waals surface area contributed by atoms with Crippen molar-refractivity contribution in [2.75, 3.05) is 6.54 Å². The number of hydrogen-bond donors (Lipinski definition) is 1. The maximum Gasteiger partial charge on any atom is 0.283 e. The lowest BCUT2D eigenvalue weighted by Gasteiger charge is -2.06. The number of hydrogen-bond acceptors (Lipinski definition) is 3. The van der Waals surface area contributed by atoms with Crippen molar-refractivity contribution in [2.24, 2.45) is 0 Å². The number of nitro benzene ring substituents is 1. The van der Waals surface area contributed by atoms with Gasteiger partial charge in [0.2, 0.25) is 0 Å². The zero-order chi connectivity index (χ0) is 12.7. The summed E-state index contributed by atoms with van der Waals surface area (Å²) in [4.78, 5) is 10.4. The van der Waals surface area contributed by atoms with Gasteiger partial charge < -0.3 is 5.32 Å². The SMILES string of the molecule is CCCCCNCc1cccc([N+](=O)[O-])c1Br. The summed E-state index contributed by atoms with van der Waals surface area (Å²) in [7, 11) is 0. The molecule has 4 nitrogen and oxygen atoms in total. The lowest BCUT2D eigenvalue weighted by atomic mass is 10.2. The molecule has 0 aliphatic rings. The Kier molecular flexibility index (Phi) is 6.15. The molecule has 0 unspecified atom stereocenters. The zero-order valence-electron chi connectivity index (χ0n) is 9.91. The molecule has 0 saturated carbocycles. The van der Waals surface area contributed by atoms with Crippen LogP contribution in [0.3, 0.4) is 0 Å². The van der Waals surface area contributed by atoms with Gasteiger partial charge in [0.25, 0.3) is 5.69 Å². The molecule has 0 heterocycles. The molecule has 94 valence electrons. The summed E-state index contributed by atoms with van der Waals surface area (Å²) in [6.07, 6.45) is 3.55. The van der Waals surface area contributed by atoms with Gasteiger partial charge in [-0.1, -0.05) is 31.9 Å².